The van der Waals surface area contributed by atoms with Crippen LogP contribution in [0.4, 0.5) is 0 Å². The highest BCUT2D eigenvalue weighted by molar-refractivity contribution is 7.33. The normalized spacial score (nSPS) is 20.1. The van der Waals surface area contributed by atoms with E-state index >= 15 is 0 Å². The molecule has 0 aliphatic heterocycles. The minimum atomic E-state index is -3.45. The topological polar surface area (TPSA) is 113 Å². The Hall–Kier alpha value is 2.10. The van der Waals surface area contributed by atoms with Crippen molar-refractivity contribution in [2.75, 3.05) is 49.9 Å². The number of halogens is 8. The molecule has 0 aromatic rings. The molecule has 0 aromatic heterocycles. The predicted molar refractivity (Wildman–Crippen MR) is 125 cm³/mol. The minimum Gasteiger partial charge on any atom is -0.316 e. The average molecular weight is 649 g/mol. The SMILES string of the molecule is O=[P+](OC(O)(OCC(Cl)CCl)OCC(Cl)CCl)OC(O)(OCC(Cl)CCl)OCC(Cl)CCl. The smallest absolute Gasteiger partial charge is 0.316 e. The van der Waals surface area contributed by atoms with Gasteiger partial charge in [0.1, 0.15) is 0 Å². The van der Waals surface area contributed by atoms with E-state index in [9.17, 15) is 14.8 Å². The van der Waals surface area contributed by atoms with Crippen LogP contribution in [-0.4, -0.2) is 94.0 Å². The summed E-state index contributed by atoms with van der Waals surface area (Å²) >= 11 is 45.5. The maximum atomic E-state index is 12.4. The molecule has 0 spiro atoms. The van der Waals surface area contributed by atoms with Crippen molar-refractivity contribution in [1.29, 1.82) is 0 Å². The van der Waals surface area contributed by atoms with Crippen LogP contribution in [0.3, 0.4) is 0 Å². The first-order valence-electron chi connectivity index (χ1n) is 8.58. The molecule has 4 unspecified atom stereocenters. The van der Waals surface area contributed by atoms with Gasteiger partial charge >= 0.3 is 20.6 Å². The van der Waals surface area contributed by atoms with E-state index in [1.165, 1.54) is 0 Å². The van der Waals surface area contributed by atoms with Gasteiger partial charge in [0.25, 0.3) is 0 Å². The highest BCUT2D eigenvalue weighted by atomic mass is 35.5. The lowest BCUT2D eigenvalue weighted by atomic mass is 10.5. The third kappa shape index (κ3) is 16.0. The number of rotatable bonds is 20. The maximum Gasteiger partial charge on any atom is 0.713 e. The summed E-state index contributed by atoms with van der Waals surface area (Å²) in [6.45, 7) is -1.60. The van der Waals surface area contributed by atoms with Crippen molar-refractivity contribution in [1.82, 2.24) is 0 Å². The molecule has 32 heavy (non-hydrogen) atoms. The molecule has 18 heteroatoms. The molecule has 0 amide bonds. The number of ether oxygens (including phenoxy) is 4. The van der Waals surface area contributed by atoms with Crippen LogP contribution in [0.15, 0.2) is 0 Å². The fourth-order valence-electron chi connectivity index (χ4n) is 1.36. The van der Waals surface area contributed by atoms with Crippen molar-refractivity contribution >= 4 is 101 Å². The first-order chi connectivity index (χ1) is 14.9. The van der Waals surface area contributed by atoms with Gasteiger partial charge in [-0.3, -0.25) is 18.9 Å². The largest absolute Gasteiger partial charge is 0.713 e. The van der Waals surface area contributed by atoms with Crippen LogP contribution >= 0.6 is 101 Å². The van der Waals surface area contributed by atoms with Crippen LogP contribution < -0.4 is 0 Å². The quantitative estimate of drug-likeness (QED) is 0.113. The van der Waals surface area contributed by atoms with Gasteiger partial charge in [-0.25, -0.2) is 0 Å². The van der Waals surface area contributed by atoms with Crippen molar-refractivity contribution < 1.29 is 42.8 Å². The Kier molecular flexibility index (Phi) is 19.6. The Morgan fingerprint density at radius 1 is 0.594 bits per heavy atom. The van der Waals surface area contributed by atoms with Crippen LogP contribution in [0.5, 0.6) is 0 Å². The second kappa shape index (κ2) is 18.4. The van der Waals surface area contributed by atoms with Crippen LogP contribution in [-0.2, 0) is 32.6 Å². The molecule has 0 aromatic carbocycles. The first-order valence-corrected chi connectivity index (χ1v) is 13.6. The lowest BCUT2D eigenvalue weighted by Gasteiger charge is -2.25. The molecular formula is C14H22Cl8O9P+. The monoisotopic (exact) mass is 645 g/mol. The summed E-state index contributed by atoms with van der Waals surface area (Å²) in [6, 6.07) is 0. The number of hydrogen-bond donors (Lipinski definition) is 2. The van der Waals surface area contributed by atoms with Gasteiger partial charge in [-0.05, 0) is 9.05 Å². The van der Waals surface area contributed by atoms with Gasteiger partial charge in [-0.1, -0.05) is 0 Å². The Morgan fingerprint density at radius 3 is 1.00 bits per heavy atom. The van der Waals surface area contributed by atoms with Gasteiger partial charge < -0.3 is 10.2 Å². The van der Waals surface area contributed by atoms with E-state index in [0.717, 1.165) is 0 Å². The van der Waals surface area contributed by atoms with Gasteiger partial charge in [0.2, 0.25) is 0 Å². The zero-order chi connectivity index (χ0) is 24.8. The number of alkyl halides is 8. The summed E-state index contributed by atoms with van der Waals surface area (Å²) in [7, 11) is -3.45. The van der Waals surface area contributed by atoms with Crippen molar-refractivity contribution in [3.05, 3.63) is 0 Å². The summed E-state index contributed by atoms with van der Waals surface area (Å²) in [5.41, 5.74) is 0. The lowest BCUT2D eigenvalue weighted by molar-refractivity contribution is -0.473. The van der Waals surface area contributed by atoms with Crippen molar-refractivity contribution in [3.8, 4) is 0 Å². The van der Waals surface area contributed by atoms with E-state index in [4.69, 9.17) is 121 Å². The third-order valence-corrected chi connectivity index (χ3v) is 6.84. The molecule has 0 aliphatic carbocycles. The highest BCUT2D eigenvalue weighted by Gasteiger charge is 2.51. The Bertz CT molecular complexity index is 457. The van der Waals surface area contributed by atoms with Gasteiger partial charge in [0, 0.05) is 28.1 Å². The summed E-state index contributed by atoms with van der Waals surface area (Å²) in [5.74, 6) is -0.215. The molecule has 0 rings (SSSR count). The first kappa shape index (κ1) is 34.1. The van der Waals surface area contributed by atoms with Crippen LogP contribution in [0.1, 0.15) is 0 Å². The average Bonchev–Trinajstić information content (AvgIpc) is 2.77. The Labute approximate surface area is 226 Å². The Balaban J connectivity index is 5.27. The summed E-state index contributed by atoms with van der Waals surface area (Å²) in [6.07, 6.45) is -5.97. The van der Waals surface area contributed by atoms with E-state index in [2.05, 4.69) is 0 Å². The number of aliphatic hydroxyl groups is 2. The van der Waals surface area contributed by atoms with E-state index in [1.54, 1.807) is 0 Å². The molecule has 0 bridgehead atoms. The molecule has 4 atom stereocenters. The molecule has 0 fully saturated rings. The van der Waals surface area contributed by atoms with E-state index in [-0.39, 0.29) is 23.5 Å². The van der Waals surface area contributed by atoms with Crippen LogP contribution in [0.25, 0.3) is 0 Å². The molecular weight excluding hydrogens is 627 g/mol. The van der Waals surface area contributed by atoms with E-state index in [0.29, 0.717) is 0 Å². The fraction of sp³-hybridized carbons (Fsp3) is 1.00. The summed E-state index contributed by atoms with van der Waals surface area (Å²) in [4.78, 5) is 0. The summed E-state index contributed by atoms with van der Waals surface area (Å²) < 4.78 is 41.8. The maximum absolute atomic E-state index is 12.4. The van der Waals surface area contributed by atoms with Crippen LogP contribution in [0, 0.1) is 0 Å². The predicted octanol–water partition coefficient (Wildman–Crippen LogP) is 4.34. The Morgan fingerprint density at radius 2 is 0.812 bits per heavy atom. The molecule has 9 nitrogen and oxygen atoms in total. The molecule has 0 aliphatic rings. The summed E-state index contributed by atoms with van der Waals surface area (Å²) in [5, 5.41) is 17.7. The highest BCUT2D eigenvalue weighted by Crippen LogP contribution is 2.37. The zero-order valence-electron chi connectivity index (χ0n) is 16.2. The third-order valence-electron chi connectivity index (χ3n) is 2.84. The molecule has 0 saturated carbocycles. The second-order valence-corrected chi connectivity index (χ2v) is 10.2. The van der Waals surface area contributed by atoms with Gasteiger partial charge in [-0.15, -0.1) is 92.8 Å². The molecule has 192 valence electrons. The second-order valence-electron chi connectivity index (χ2n) is 5.70. The van der Waals surface area contributed by atoms with E-state index < -0.39 is 68.5 Å². The fourth-order valence-corrected chi connectivity index (χ4v) is 2.59. The van der Waals surface area contributed by atoms with Gasteiger partial charge in [0.15, 0.2) is 0 Å². The molecule has 0 radical (unpaired) electrons. The van der Waals surface area contributed by atoms with E-state index in [1.807, 2.05) is 0 Å². The van der Waals surface area contributed by atoms with Crippen molar-refractivity contribution in [3.63, 3.8) is 0 Å². The van der Waals surface area contributed by atoms with Gasteiger partial charge in [-0.2, -0.15) is 0 Å². The molecule has 2 N–H and O–H groups in total. The van der Waals surface area contributed by atoms with Gasteiger partial charge in [0.05, 0.1) is 47.9 Å². The zero-order valence-corrected chi connectivity index (χ0v) is 23.1. The molecule has 0 saturated heterocycles. The van der Waals surface area contributed by atoms with Crippen molar-refractivity contribution in [2.45, 2.75) is 33.8 Å². The minimum absolute atomic E-state index is 0.0537. The van der Waals surface area contributed by atoms with Crippen molar-refractivity contribution in [2.24, 2.45) is 0 Å². The number of hydrogen-bond acceptors (Lipinski definition) is 9. The standard InChI is InChI=1S/C14H22Cl8O9P/c15-1-9(19)5-26-13(23,27-6-10(20)2-16)30-32(25)31-14(24,28-7-11(21)3-17)29-8-12(22)4-18/h9-12,23-24H,1-8H2/q+1. The lowest BCUT2D eigenvalue weighted by Crippen LogP contribution is -2.43. The van der Waals surface area contributed by atoms with Crippen LogP contribution in [0.2, 0.25) is 0 Å². The molecule has 0 heterocycles.